The first-order chi connectivity index (χ1) is 15.3. The van der Waals surface area contributed by atoms with Crippen molar-refractivity contribution in [1.29, 1.82) is 5.26 Å². The fourth-order valence-electron chi connectivity index (χ4n) is 4.40. The van der Waals surface area contributed by atoms with Gasteiger partial charge in [-0.3, -0.25) is 0 Å². The van der Waals surface area contributed by atoms with Crippen LogP contribution in [0.1, 0.15) is 11.6 Å². The predicted octanol–water partition coefficient (Wildman–Crippen LogP) is 7.48. The largest absolute Gasteiger partial charge is 0.381 e. The van der Waals surface area contributed by atoms with E-state index < -0.39 is 0 Å². The van der Waals surface area contributed by atoms with Crippen LogP contribution in [0.3, 0.4) is 0 Å². The Hall–Kier alpha value is -3.87. The number of hydrogen-bond acceptors (Lipinski definition) is 3. The topological polar surface area (TPSA) is 35.8 Å². The molecule has 6 rings (SSSR count). The lowest BCUT2D eigenvalue weighted by Gasteiger charge is -2.17. The second-order valence-corrected chi connectivity index (χ2v) is 8.89. The minimum Gasteiger partial charge on any atom is -0.381 e. The highest BCUT2D eigenvalue weighted by Crippen LogP contribution is 2.40. The summed E-state index contributed by atoms with van der Waals surface area (Å²) >= 11 is 1.86. The number of fused-ring (bicyclic) bond motifs is 5. The zero-order valence-electron chi connectivity index (χ0n) is 16.7. The summed E-state index contributed by atoms with van der Waals surface area (Å²) in [5.41, 5.74) is 4.26. The van der Waals surface area contributed by atoms with E-state index in [0.29, 0.717) is 5.57 Å². The standard InChI is InChI=1S/C28H18N2S/c29-17-18-13-14-30-25(15-18)21-7-5-19(6-8-21)22-9-11-24-27(16-22)31-26-12-10-20-3-1-2-4-23(20)28(24)26/h1-16,25,30H. The van der Waals surface area contributed by atoms with Gasteiger partial charge in [-0.05, 0) is 57.9 Å². The van der Waals surface area contributed by atoms with E-state index in [1.807, 2.05) is 23.6 Å². The van der Waals surface area contributed by atoms with Gasteiger partial charge in [0, 0.05) is 20.2 Å². The SMILES string of the molecule is N#CC1=CC(c2ccc(-c3ccc4c(c3)sc3ccc5ccccc5c34)cc2)NC=C1. The molecule has 0 radical (unpaired) electrons. The van der Waals surface area contributed by atoms with E-state index in [-0.39, 0.29) is 6.04 Å². The first kappa shape index (κ1) is 17.9. The summed E-state index contributed by atoms with van der Waals surface area (Å²) in [5, 5.41) is 17.7. The van der Waals surface area contributed by atoms with Crippen LogP contribution in [0.2, 0.25) is 0 Å². The van der Waals surface area contributed by atoms with Crippen molar-refractivity contribution in [3.63, 3.8) is 0 Å². The van der Waals surface area contributed by atoms with E-state index in [0.717, 1.165) is 5.56 Å². The van der Waals surface area contributed by atoms with Gasteiger partial charge in [0.15, 0.2) is 0 Å². The van der Waals surface area contributed by atoms with Gasteiger partial charge < -0.3 is 5.32 Å². The minimum atomic E-state index is 0.0343. The molecule has 0 bridgehead atoms. The molecular formula is C28H18N2S. The third-order valence-electron chi connectivity index (χ3n) is 5.98. The van der Waals surface area contributed by atoms with Crippen molar-refractivity contribution in [2.24, 2.45) is 0 Å². The fourth-order valence-corrected chi connectivity index (χ4v) is 5.56. The molecule has 0 amide bonds. The quantitative estimate of drug-likeness (QED) is 0.325. The summed E-state index contributed by atoms with van der Waals surface area (Å²) in [6.45, 7) is 0. The van der Waals surface area contributed by atoms with Crippen LogP contribution in [0.5, 0.6) is 0 Å². The number of benzene rings is 4. The predicted molar refractivity (Wildman–Crippen MR) is 131 cm³/mol. The number of dihydropyridines is 1. The van der Waals surface area contributed by atoms with Crippen LogP contribution in [0.25, 0.3) is 42.1 Å². The van der Waals surface area contributed by atoms with Crippen LogP contribution in [-0.4, -0.2) is 0 Å². The van der Waals surface area contributed by atoms with Crippen LogP contribution in [-0.2, 0) is 0 Å². The molecule has 1 aromatic heterocycles. The maximum Gasteiger partial charge on any atom is 0.0989 e. The Morgan fingerprint density at radius 3 is 2.52 bits per heavy atom. The Bertz CT molecular complexity index is 1560. The highest BCUT2D eigenvalue weighted by Gasteiger charge is 2.12. The Kier molecular flexibility index (Phi) is 4.12. The van der Waals surface area contributed by atoms with Crippen molar-refractivity contribution in [3.8, 4) is 17.2 Å². The van der Waals surface area contributed by atoms with Crippen LogP contribution >= 0.6 is 11.3 Å². The molecule has 0 spiro atoms. The molecule has 1 atom stereocenters. The van der Waals surface area contributed by atoms with E-state index in [4.69, 9.17) is 5.26 Å². The van der Waals surface area contributed by atoms with Gasteiger partial charge in [0.05, 0.1) is 17.7 Å². The number of thiophene rings is 1. The first-order valence-corrected chi connectivity index (χ1v) is 11.1. The van der Waals surface area contributed by atoms with E-state index in [1.165, 1.54) is 42.1 Å². The molecule has 31 heavy (non-hydrogen) atoms. The molecule has 2 nitrogen and oxygen atoms in total. The number of allylic oxidation sites excluding steroid dienone is 2. The molecule has 0 saturated carbocycles. The van der Waals surface area contributed by atoms with E-state index in [9.17, 15) is 0 Å². The van der Waals surface area contributed by atoms with Crippen LogP contribution < -0.4 is 5.32 Å². The monoisotopic (exact) mass is 414 g/mol. The maximum atomic E-state index is 9.15. The summed E-state index contributed by atoms with van der Waals surface area (Å²) in [6.07, 6.45) is 5.60. The summed E-state index contributed by atoms with van der Waals surface area (Å²) < 4.78 is 2.64. The summed E-state index contributed by atoms with van der Waals surface area (Å²) in [5.74, 6) is 0. The second kappa shape index (κ2) is 7.12. The molecule has 2 heterocycles. The zero-order chi connectivity index (χ0) is 20.8. The summed E-state index contributed by atoms with van der Waals surface area (Å²) in [6, 6.07) is 30.7. The number of hydrogen-bond donors (Lipinski definition) is 1. The maximum absolute atomic E-state index is 9.15. The highest BCUT2D eigenvalue weighted by atomic mass is 32.1. The molecule has 3 heteroatoms. The first-order valence-electron chi connectivity index (χ1n) is 10.3. The fraction of sp³-hybridized carbons (Fsp3) is 0.0357. The highest BCUT2D eigenvalue weighted by molar-refractivity contribution is 7.26. The van der Waals surface area contributed by atoms with E-state index >= 15 is 0 Å². The molecule has 146 valence electrons. The lowest BCUT2D eigenvalue weighted by molar-refractivity contribution is 0.742. The molecule has 0 aliphatic carbocycles. The van der Waals surface area contributed by atoms with Gasteiger partial charge in [-0.2, -0.15) is 5.26 Å². The third-order valence-corrected chi connectivity index (χ3v) is 7.10. The van der Waals surface area contributed by atoms with Crippen molar-refractivity contribution in [3.05, 3.63) is 108 Å². The van der Waals surface area contributed by atoms with Crippen molar-refractivity contribution in [2.75, 3.05) is 0 Å². The Balaban J connectivity index is 1.40. The second-order valence-electron chi connectivity index (χ2n) is 7.81. The summed E-state index contributed by atoms with van der Waals surface area (Å²) in [7, 11) is 0. The average molecular weight is 415 g/mol. The average Bonchev–Trinajstić information content (AvgIpc) is 3.22. The number of nitrogens with one attached hydrogen (secondary N) is 1. The molecule has 0 fully saturated rings. The van der Waals surface area contributed by atoms with Gasteiger partial charge in [0.25, 0.3) is 0 Å². The Morgan fingerprint density at radius 1 is 0.806 bits per heavy atom. The van der Waals surface area contributed by atoms with E-state index in [2.05, 4.69) is 90.2 Å². The third kappa shape index (κ3) is 3.01. The van der Waals surface area contributed by atoms with Gasteiger partial charge in [0.1, 0.15) is 0 Å². The molecule has 1 unspecified atom stereocenters. The molecule has 1 aliphatic heterocycles. The molecule has 0 saturated heterocycles. The van der Waals surface area contributed by atoms with Crippen molar-refractivity contribution < 1.29 is 0 Å². The number of nitrogens with zero attached hydrogens (tertiary/aromatic N) is 1. The molecule has 1 N–H and O–H groups in total. The van der Waals surface area contributed by atoms with Crippen molar-refractivity contribution in [2.45, 2.75) is 6.04 Å². The molecule has 4 aromatic carbocycles. The lowest BCUT2D eigenvalue weighted by Crippen LogP contribution is -2.16. The van der Waals surface area contributed by atoms with Gasteiger partial charge in [-0.25, -0.2) is 0 Å². The number of rotatable bonds is 2. The molecule has 5 aromatic rings. The van der Waals surface area contributed by atoms with Crippen LogP contribution in [0.4, 0.5) is 0 Å². The minimum absolute atomic E-state index is 0.0343. The molecular weight excluding hydrogens is 396 g/mol. The van der Waals surface area contributed by atoms with Gasteiger partial charge >= 0.3 is 0 Å². The van der Waals surface area contributed by atoms with Gasteiger partial charge in [-0.1, -0.05) is 66.7 Å². The van der Waals surface area contributed by atoms with Crippen molar-refractivity contribution >= 4 is 42.3 Å². The van der Waals surface area contributed by atoms with Gasteiger partial charge in [0.2, 0.25) is 0 Å². The number of nitriles is 1. The smallest absolute Gasteiger partial charge is 0.0989 e. The van der Waals surface area contributed by atoms with Gasteiger partial charge in [-0.15, -0.1) is 11.3 Å². The van der Waals surface area contributed by atoms with Crippen LogP contribution in [0.15, 0.2) is 103 Å². The van der Waals surface area contributed by atoms with Crippen molar-refractivity contribution in [1.82, 2.24) is 5.32 Å². The normalized spacial score (nSPS) is 15.7. The Morgan fingerprint density at radius 2 is 1.65 bits per heavy atom. The summed E-state index contributed by atoms with van der Waals surface area (Å²) in [4.78, 5) is 0. The van der Waals surface area contributed by atoms with Crippen LogP contribution in [0, 0.1) is 11.3 Å². The Labute approximate surface area is 184 Å². The zero-order valence-corrected chi connectivity index (χ0v) is 17.5. The van der Waals surface area contributed by atoms with E-state index in [1.54, 1.807) is 6.08 Å². The molecule has 1 aliphatic rings. The lowest BCUT2D eigenvalue weighted by atomic mass is 9.97.